The van der Waals surface area contributed by atoms with Crippen molar-refractivity contribution in [3.05, 3.63) is 70.5 Å². The number of benzene rings is 2. The van der Waals surface area contributed by atoms with Gasteiger partial charge >= 0.3 is 6.18 Å². The molecule has 0 radical (unpaired) electrons. The van der Waals surface area contributed by atoms with Crippen LogP contribution in [0.2, 0.25) is 5.02 Å². The predicted octanol–water partition coefficient (Wildman–Crippen LogP) is 5.26. The minimum absolute atomic E-state index is 0.00423. The van der Waals surface area contributed by atoms with Crippen LogP contribution in [0.1, 0.15) is 67.8 Å². The van der Waals surface area contributed by atoms with Gasteiger partial charge in [0.2, 0.25) is 11.8 Å². The summed E-state index contributed by atoms with van der Waals surface area (Å²) in [6.07, 6.45) is -4.04. The number of nitrogens with zero attached hydrogens (tertiary/aromatic N) is 4. The maximum atomic E-state index is 13.6. The zero-order valence-corrected chi connectivity index (χ0v) is 24.9. The zero-order chi connectivity index (χ0) is 31.3. The van der Waals surface area contributed by atoms with Crippen molar-refractivity contribution < 1.29 is 27.6 Å². The molecule has 1 aliphatic rings. The predicted molar refractivity (Wildman–Crippen MR) is 155 cm³/mol. The standard InChI is InChI=1S/C30H34ClF3N6O3/c1-18(2)16-24-28(42)35-19(3)27-37-26(20-8-5-4-6-9-20)38-40(27)15-14-39(13-7-10-25(41)36-24)29(43)22-17-21(30(32,33)34)11-12-23(22)31/h4-6,8-9,11-12,17-19,24H,7,10,13-16H2,1-3H3,(H,35,42)(H,36,41)/t19-,24-/m1/s1. The van der Waals surface area contributed by atoms with Crippen molar-refractivity contribution in [1.29, 1.82) is 0 Å². The van der Waals surface area contributed by atoms with Crippen LogP contribution >= 0.6 is 11.6 Å². The van der Waals surface area contributed by atoms with Crippen molar-refractivity contribution in [1.82, 2.24) is 30.3 Å². The molecule has 43 heavy (non-hydrogen) atoms. The van der Waals surface area contributed by atoms with E-state index in [2.05, 4.69) is 20.7 Å². The summed E-state index contributed by atoms with van der Waals surface area (Å²) in [4.78, 5) is 45.7. The Morgan fingerprint density at radius 1 is 1.07 bits per heavy atom. The van der Waals surface area contributed by atoms with Gasteiger partial charge in [0.15, 0.2) is 5.82 Å². The SMILES string of the molecule is CC(C)C[C@H]1NC(=O)CCCN(C(=O)c2cc(C(F)(F)F)ccc2Cl)CCn2nc(-c3ccccc3)nc2[C@@H](C)NC1=O. The van der Waals surface area contributed by atoms with Gasteiger partial charge in [-0.15, -0.1) is 0 Å². The second-order valence-corrected chi connectivity index (χ2v) is 11.4. The van der Waals surface area contributed by atoms with Gasteiger partial charge < -0.3 is 15.5 Å². The Bertz CT molecular complexity index is 1460. The second-order valence-electron chi connectivity index (χ2n) is 11.0. The maximum absolute atomic E-state index is 13.6. The van der Waals surface area contributed by atoms with Crippen LogP contribution in [0.25, 0.3) is 11.4 Å². The van der Waals surface area contributed by atoms with E-state index in [0.29, 0.717) is 18.1 Å². The number of hydrogen-bond donors (Lipinski definition) is 2. The Morgan fingerprint density at radius 3 is 2.47 bits per heavy atom. The normalized spacial score (nSPS) is 18.9. The highest BCUT2D eigenvalue weighted by Crippen LogP contribution is 2.32. The van der Waals surface area contributed by atoms with Gasteiger partial charge in [-0.2, -0.15) is 18.3 Å². The number of fused-ring (bicyclic) bond motifs is 1. The minimum Gasteiger partial charge on any atom is -0.345 e. The number of carbonyl (C=O) groups excluding carboxylic acids is 3. The van der Waals surface area contributed by atoms with E-state index in [1.54, 1.807) is 11.6 Å². The minimum atomic E-state index is -4.66. The van der Waals surface area contributed by atoms with Gasteiger partial charge in [0.1, 0.15) is 11.9 Å². The first-order valence-corrected chi connectivity index (χ1v) is 14.5. The van der Waals surface area contributed by atoms with Gasteiger partial charge in [-0.1, -0.05) is 55.8 Å². The van der Waals surface area contributed by atoms with E-state index in [0.717, 1.165) is 23.8 Å². The van der Waals surface area contributed by atoms with E-state index < -0.39 is 29.7 Å². The van der Waals surface area contributed by atoms with Crippen LogP contribution in [0, 0.1) is 5.92 Å². The Kier molecular flexibility index (Phi) is 10.1. The highest BCUT2D eigenvalue weighted by Gasteiger charge is 2.33. The lowest BCUT2D eigenvalue weighted by Gasteiger charge is -2.26. The highest BCUT2D eigenvalue weighted by molar-refractivity contribution is 6.33. The van der Waals surface area contributed by atoms with E-state index in [9.17, 15) is 27.6 Å². The lowest BCUT2D eigenvalue weighted by atomic mass is 10.0. The average molecular weight is 619 g/mol. The molecule has 2 atom stereocenters. The molecule has 13 heteroatoms. The molecule has 0 fully saturated rings. The summed E-state index contributed by atoms with van der Waals surface area (Å²) in [7, 11) is 0. The summed E-state index contributed by atoms with van der Waals surface area (Å²) in [6.45, 7) is 5.86. The molecule has 0 unspecified atom stereocenters. The van der Waals surface area contributed by atoms with Crippen molar-refractivity contribution in [3.8, 4) is 11.4 Å². The van der Waals surface area contributed by atoms with E-state index in [-0.39, 0.29) is 60.8 Å². The van der Waals surface area contributed by atoms with Gasteiger partial charge in [-0.05, 0) is 43.9 Å². The number of rotatable bonds is 4. The Balaban J connectivity index is 1.71. The molecule has 1 aromatic heterocycles. The number of nitrogens with one attached hydrogen (secondary N) is 2. The van der Waals surface area contributed by atoms with Crippen molar-refractivity contribution in [2.24, 2.45) is 5.92 Å². The highest BCUT2D eigenvalue weighted by atomic mass is 35.5. The summed E-state index contributed by atoms with van der Waals surface area (Å²) in [5, 5.41) is 10.3. The molecule has 0 saturated carbocycles. The van der Waals surface area contributed by atoms with E-state index in [1.165, 1.54) is 4.90 Å². The third-order valence-electron chi connectivity index (χ3n) is 7.06. The molecule has 2 N–H and O–H groups in total. The summed E-state index contributed by atoms with van der Waals surface area (Å²) in [6, 6.07) is 10.4. The van der Waals surface area contributed by atoms with Gasteiger partial charge in [0.25, 0.3) is 5.91 Å². The van der Waals surface area contributed by atoms with Crippen molar-refractivity contribution in [2.75, 3.05) is 13.1 Å². The fourth-order valence-electron chi connectivity index (χ4n) is 4.89. The maximum Gasteiger partial charge on any atom is 0.416 e. The topological polar surface area (TPSA) is 109 Å². The monoisotopic (exact) mass is 618 g/mol. The van der Waals surface area contributed by atoms with Crippen LogP contribution in [-0.4, -0.2) is 56.5 Å². The van der Waals surface area contributed by atoms with Crippen molar-refractivity contribution >= 4 is 29.3 Å². The first-order valence-electron chi connectivity index (χ1n) is 14.1. The average Bonchev–Trinajstić information content (AvgIpc) is 3.38. The molecular weight excluding hydrogens is 585 g/mol. The molecule has 1 aliphatic heterocycles. The van der Waals surface area contributed by atoms with Crippen molar-refractivity contribution in [3.63, 3.8) is 0 Å². The number of alkyl halides is 3. The fraction of sp³-hybridized carbons (Fsp3) is 0.433. The molecule has 230 valence electrons. The number of amides is 3. The van der Waals surface area contributed by atoms with Gasteiger partial charge in [-0.25, -0.2) is 9.67 Å². The molecule has 2 aromatic carbocycles. The molecule has 3 amide bonds. The van der Waals surface area contributed by atoms with Crippen LogP contribution in [-0.2, 0) is 22.3 Å². The van der Waals surface area contributed by atoms with E-state index in [1.807, 2.05) is 44.2 Å². The third kappa shape index (κ3) is 8.13. The summed E-state index contributed by atoms with van der Waals surface area (Å²) >= 11 is 6.20. The van der Waals surface area contributed by atoms with Crippen molar-refractivity contribution in [2.45, 2.75) is 64.8 Å². The van der Waals surface area contributed by atoms with Crippen LogP contribution in [0.4, 0.5) is 13.2 Å². The van der Waals surface area contributed by atoms with Crippen LogP contribution < -0.4 is 10.6 Å². The van der Waals surface area contributed by atoms with E-state index >= 15 is 0 Å². The Labute approximate surface area is 252 Å². The van der Waals surface area contributed by atoms with E-state index in [4.69, 9.17) is 11.6 Å². The Morgan fingerprint density at radius 2 is 1.79 bits per heavy atom. The summed E-state index contributed by atoms with van der Waals surface area (Å²) in [5.74, 6) is -0.477. The number of halogens is 4. The number of aromatic nitrogens is 3. The van der Waals surface area contributed by atoms with Crippen LogP contribution in [0.3, 0.4) is 0 Å². The zero-order valence-electron chi connectivity index (χ0n) is 24.1. The molecule has 2 heterocycles. The second kappa shape index (κ2) is 13.6. The number of carbonyl (C=O) groups is 3. The lowest BCUT2D eigenvalue weighted by Crippen LogP contribution is -2.48. The van der Waals surface area contributed by atoms with Crippen LogP contribution in [0.15, 0.2) is 48.5 Å². The Hall–Kier alpha value is -3.93. The third-order valence-corrected chi connectivity index (χ3v) is 7.39. The molecule has 4 rings (SSSR count). The van der Waals surface area contributed by atoms with Crippen LogP contribution in [0.5, 0.6) is 0 Å². The van der Waals surface area contributed by atoms with Gasteiger partial charge in [0.05, 0.1) is 28.7 Å². The molecule has 0 aliphatic carbocycles. The molecule has 0 spiro atoms. The molecule has 0 saturated heterocycles. The first kappa shape index (κ1) is 32.0. The molecule has 0 bridgehead atoms. The lowest BCUT2D eigenvalue weighted by molar-refractivity contribution is -0.137. The molecule has 9 nitrogen and oxygen atoms in total. The quantitative estimate of drug-likeness (QED) is 0.415. The molecular formula is C30H34ClF3N6O3. The fourth-order valence-corrected chi connectivity index (χ4v) is 5.09. The van der Waals surface area contributed by atoms with Gasteiger partial charge in [-0.3, -0.25) is 14.4 Å². The first-order chi connectivity index (χ1) is 20.3. The largest absolute Gasteiger partial charge is 0.416 e. The summed E-state index contributed by atoms with van der Waals surface area (Å²) in [5.41, 5.74) is -0.537. The van der Waals surface area contributed by atoms with Gasteiger partial charge in [0, 0.05) is 25.1 Å². The smallest absolute Gasteiger partial charge is 0.345 e. The number of hydrogen-bond acceptors (Lipinski definition) is 5. The molecule has 3 aromatic rings. The summed E-state index contributed by atoms with van der Waals surface area (Å²) < 4.78 is 41.9.